The molecule has 3 aromatic heterocycles. The van der Waals surface area contributed by atoms with Crippen LogP contribution in [0.1, 0.15) is 32.0 Å². The van der Waals surface area contributed by atoms with E-state index in [4.69, 9.17) is 15.2 Å². The molecule has 41 heavy (non-hydrogen) atoms. The molecule has 5 aromatic rings. The second-order valence-corrected chi connectivity index (χ2v) is 10.9. The first-order valence-electron chi connectivity index (χ1n) is 13.0. The van der Waals surface area contributed by atoms with Crippen molar-refractivity contribution in [2.75, 3.05) is 10.6 Å². The van der Waals surface area contributed by atoms with Crippen LogP contribution in [-0.2, 0) is 18.3 Å². The summed E-state index contributed by atoms with van der Waals surface area (Å²) in [6.07, 6.45) is 2.27. The quantitative estimate of drug-likeness (QED) is 0.263. The summed E-state index contributed by atoms with van der Waals surface area (Å²) >= 11 is 0. The molecule has 1 aliphatic heterocycles. The average Bonchev–Trinajstić information content (AvgIpc) is 3.11. The van der Waals surface area contributed by atoms with Gasteiger partial charge < -0.3 is 19.8 Å². The van der Waals surface area contributed by atoms with Crippen molar-refractivity contribution in [3.05, 3.63) is 72.1 Å². The topological polar surface area (TPSA) is 121 Å². The second kappa shape index (κ2) is 9.54. The number of aryl methyl sites for hydroxylation is 2. The van der Waals surface area contributed by atoms with Gasteiger partial charge in [0.25, 0.3) is 0 Å². The van der Waals surface area contributed by atoms with Crippen molar-refractivity contribution in [2.24, 2.45) is 7.05 Å². The van der Waals surface area contributed by atoms with Gasteiger partial charge in [-0.1, -0.05) is 18.2 Å². The van der Waals surface area contributed by atoms with Crippen LogP contribution in [0.4, 0.5) is 20.7 Å². The predicted molar refractivity (Wildman–Crippen MR) is 153 cm³/mol. The van der Waals surface area contributed by atoms with E-state index in [0.29, 0.717) is 39.4 Å². The van der Waals surface area contributed by atoms with Crippen molar-refractivity contribution in [2.45, 2.75) is 39.8 Å². The molecular weight excluding hydrogens is 525 g/mol. The summed E-state index contributed by atoms with van der Waals surface area (Å²) in [7, 11) is 1.87. The molecule has 0 spiro atoms. The smallest absolute Gasteiger partial charge is 0.416 e. The largest absolute Gasteiger partial charge is 0.443 e. The number of nitrogens with two attached hydrogens (primary N) is 1. The minimum Gasteiger partial charge on any atom is -0.443 e. The Bertz CT molecular complexity index is 1830. The molecule has 208 valence electrons. The summed E-state index contributed by atoms with van der Waals surface area (Å²) in [4.78, 5) is 32.3. The van der Waals surface area contributed by atoms with Crippen LogP contribution in [0, 0.1) is 12.7 Å². The van der Waals surface area contributed by atoms with Gasteiger partial charge in [0.1, 0.15) is 17.6 Å². The average molecular weight is 554 g/mol. The number of halogens is 1. The van der Waals surface area contributed by atoms with Crippen molar-refractivity contribution in [1.29, 1.82) is 0 Å². The van der Waals surface area contributed by atoms with E-state index in [1.807, 2.05) is 23.7 Å². The predicted octanol–water partition coefficient (Wildman–Crippen LogP) is 6.17. The van der Waals surface area contributed by atoms with Gasteiger partial charge in [0, 0.05) is 35.8 Å². The Morgan fingerprint density at radius 1 is 1.05 bits per heavy atom. The van der Waals surface area contributed by atoms with Gasteiger partial charge in [0.15, 0.2) is 17.4 Å². The molecule has 2 N–H and O–H groups in total. The number of amides is 1. The van der Waals surface area contributed by atoms with Gasteiger partial charge in [0.2, 0.25) is 0 Å². The molecule has 0 bridgehead atoms. The van der Waals surface area contributed by atoms with Crippen LogP contribution in [0.3, 0.4) is 0 Å². The fourth-order valence-electron chi connectivity index (χ4n) is 5.02. The van der Waals surface area contributed by atoms with Crippen LogP contribution in [0.25, 0.3) is 33.4 Å². The zero-order valence-electron chi connectivity index (χ0n) is 23.3. The van der Waals surface area contributed by atoms with Crippen LogP contribution in [0.2, 0.25) is 0 Å². The third-order valence-corrected chi connectivity index (χ3v) is 6.77. The molecular formula is C30H28FN7O3. The molecule has 0 atom stereocenters. The SMILES string of the molecule is Cc1ccnc(Oc2ccc3c(c2F)CN(C(=O)OC(C)(C)C)c2ncnc4c2c-3c(-c2ccc(N)cc2)n4C)n1. The third-order valence-electron chi connectivity index (χ3n) is 6.77. The first-order valence-corrected chi connectivity index (χ1v) is 13.0. The minimum atomic E-state index is -0.793. The van der Waals surface area contributed by atoms with E-state index in [-0.39, 0.29) is 23.9 Å². The number of benzene rings is 2. The molecule has 0 saturated heterocycles. The standard InChI is InChI=1S/C30H28FN7O3/c1-16-12-13-33-28(36-16)40-21-11-10-19-20(24(21)31)14-38(29(39)41-30(2,3)4)27-23-22(19)25(17-6-8-18(32)9-7-17)37(5)26(23)34-15-35-27/h6-13,15H,14,32H2,1-5H3. The highest BCUT2D eigenvalue weighted by Crippen LogP contribution is 2.48. The molecule has 0 unspecified atom stereocenters. The Morgan fingerprint density at radius 3 is 2.51 bits per heavy atom. The molecule has 11 heteroatoms. The zero-order valence-corrected chi connectivity index (χ0v) is 23.3. The lowest BCUT2D eigenvalue weighted by atomic mass is 9.95. The minimum absolute atomic E-state index is 0.0142. The maximum atomic E-state index is 16.5. The van der Waals surface area contributed by atoms with Gasteiger partial charge in [-0.2, -0.15) is 0 Å². The monoisotopic (exact) mass is 553 g/mol. The molecule has 10 nitrogen and oxygen atoms in total. The molecule has 4 heterocycles. The Labute approximate surface area is 235 Å². The van der Waals surface area contributed by atoms with Gasteiger partial charge in [-0.15, -0.1) is 0 Å². The first kappa shape index (κ1) is 26.2. The summed E-state index contributed by atoms with van der Waals surface area (Å²) in [6.45, 7) is 6.95. The number of aromatic nitrogens is 5. The van der Waals surface area contributed by atoms with Crippen molar-refractivity contribution in [1.82, 2.24) is 24.5 Å². The summed E-state index contributed by atoms with van der Waals surface area (Å²) in [6, 6.07) is 12.4. The van der Waals surface area contributed by atoms with Crippen LogP contribution in [0.15, 0.2) is 55.0 Å². The number of ether oxygens (including phenoxy) is 2. The summed E-state index contributed by atoms with van der Waals surface area (Å²) in [5.74, 6) is -0.407. The second-order valence-electron chi connectivity index (χ2n) is 10.9. The lowest BCUT2D eigenvalue weighted by Crippen LogP contribution is -2.37. The molecule has 0 radical (unpaired) electrons. The van der Waals surface area contributed by atoms with E-state index >= 15 is 4.39 Å². The maximum Gasteiger partial charge on any atom is 0.416 e. The van der Waals surface area contributed by atoms with Gasteiger partial charge >= 0.3 is 12.1 Å². The Kier molecular flexibility index (Phi) is 6.09. The third kappa shape index (κ3) is 4.58. The van der Waals surface area contributed by atoms with Gasteiger partial charge in [-0.05, 0) is 63.1 Å². The summed E-state index contributed by atoms with van der Waals surface area (Å²) in [5, 5.41) is 0.599. The first-order chi connectivity index (χ1) is 19.5. The van der Waals surface area contributed by atoms with E-state index < -0.39 is 17.5 Å². The van der Waals surface area contributed by atoms with Crippen LogP contribution in [0.5, 0.6) is 11.8 Å². The number of nitrogens with zero attached hydrogens (tertiary/aromatic N) is 6. The molecule has 0 aliphatic carbocycles. The number of hydrogen-bond acceptors (Lipinski definition) is 8. The van der Waals surface area contributed by atoms with Crippen molar-refractivity contribution >= 4 is 28.6 Å². The number of nitrogen functional groups attached to an aromatic ring is 1. The molecule has 0 fully saturated rings. The lowest BCUT2D eigenvalue weighted by molar-refractivity contribution is 0.0576. The number of carbonyl (C=O) groups excluding carboxylic acids is 1. The van der Waals surface area contributed by atoms with E-state index in [0.717, 1.165) is 11.3 Å². The fraction of sp³-hybridized carbons (Fsp3) is 0.233. The zero-order chi connectivity index (χ0) is 29.1. The Balaban J connectivity index is 1.63. The fourth-order valence-corrected chi connectivity index (χ4v) is 5.02. The molecule has 2 aromatic carbocycles. The van der Waals surface area contributed by atoms with Crippen molar-refractivity contribution in [3.8, 4) is 34.1 Å². The maximum absolute atomic E-state index is 16.5. The number of rotatable bonds is 3. The van der Waals surface area contributed by atoms with Gasteiger partial charge in [-0.25, -0.2) is 29.1 Å². The Hall–Kier alpha value is -5.06. The van der Waals surface area contributed by atoms with Crippen LogP contribution in [-0.4, -0.2) is 36.2 Å². The van der Waals surface area contributed by atoms with E-state index in [2.05, 4.69) is 19.9 Å². The highest BCUT2D eigenvalue weighted by atomic mass is 19.1. The summed E-state index contributed by atoms with van der Waals surface area (Å²) < 4.78 is 29.9. The van der Waals surface area contributed by atoms with Gasteiger partial charge in [-0.3, -0.25) is 4.90 Å². The van der Waals surface area contributed by atoms with E-state index in [1.165, 1.54) is 23.5 Å². The number of hydrogen-bond donors (Lipinski definition) is 1. The lowest BCUT2D eigenvalue weighted by Gasteiger charge is -2.27. The normalized spacial score (nSPS) is 12.7. The highest BCUT2D eigenvalue weighted by molar-refractivity contribution is 6.12. The van der Waals surface area contributed by atoms with Crippen LogP contribution < -0.4 is 15.4 Å². The van der Waals surface area contributed by atoms with E-state index in [9.17, 15) is 4.79 Å². The summed E-state index contributed by atoms with van der Waals surface area (Å²) in [5.41, 5.74) is 10.1. The van der Waals surface area contributed by atoms with Crippen molar-refractivity contribution in [3.63, 3.8) is 0 Å². The Morgan fingerprint density at radius 2 is 1.80 bits per heavy atom. The molecule has 1 aliphatic rings. The van der Waals surface area contributed by atoms with Gasteiger partial charge in [0.05, 0.1) is 17.6 Å². The molecule has 0 saturated carbocycles. The molecule has 1 amide bonds. The van der Waals surface area contributed by atoms with E-state index in [1.54, 1.807) is 52.0 Å². The van der Waals surface area contributed by atoms with Crippen molar-refractivity contribution < 1.29 is 18.7 Å². The number of fused-ring (bicyclic) bond motifs is 2. The number of carbonyl (C=O) groups is 1. The number of anilines is 2. The van der Waals surface area contributed by atoms with Crippen LogP contribution >= 0.6 is 0 Å². The molecule has 6 rings (SSSR count). The highest BCUT2D eigenvalue weighted by Gasteiger charge is 2.36.